The first kappa shape index (κ1) is 12.9. The Morgan fingerprint density at radius 2 is 2.06 bits per heavy atom. The molecular weight excluding hydrogens is 276 g/mol. The molecule has 0 aliphatic carbocycles. The Balaban J connectivity index is 2.31. The predicted molar refractivity (Wildman–Crippen MR) is 77.6 cm³/mol. The van der Waals surface area contributed by atoms with Crippen LogP contribution >= 0.6 is 15.9 Å². The summed E-state index contributed by atoms with van der Waals surface area (Å²) < 4.78 is 1.18. The molecule has 1 saturated heterocycles. The fraction of sp³-hybridized carbons (Fsp3) is 0.571. The fourth-order valence-corrected chi connectivity index (χ4v) is 2.92. The molecule has 1 N–H and O–H groups in total. The Hall–Kier alpha value is -0.540. The van der Waals surface area contributed by atoms with Gasteiger partial charge in [0.2, 0.25) is 0 Å². The van der Waals surface area contributed by atoms with Gasteiger partial charge in [0.25, 0.3) is 0 Å². The van der Waals surface area contributed by atoms with Crippen LogP contribution < -0.4 is 10.2 Å². The summed E-state index contributed by atoms with van der Waals surface area (Å²) in [6.07, 6.45) is 0. The van der Waals surface area contributed by atoms with Crippen molar-refractivity contribution in [2.24, 2.45) is 5.41 Å². The van der Waals surface area contributed by atoms with Crippen LogP contribution in [0.15, 0.2) is 28.7 Å². The summed E-state index contributed by atoms with van der Waals surface area (Å²) in [5.74, 6) is 0. The summed E-state index contributed by atoms with van der Waals surface area (Å²) >= 11 is 3.66. The normalized spacial score (nSPS) is 24.5. The SMILES string of the molecule is CC1CNCC(C)(C)CN1c1ccccc1Br. The van der Waals surface area contributed by atoms with Gasteiger partial charge < -0.3 is 10.2 Å². The van der Waals surface area contributed by atoms with E-state index in [2.05, 4.69) is 71.2 Å². The highest BCUT2D eigenvalue weighted by atomic mass is 79.9. The molecular formula is C14H21BrN2. The molecule has 1 aliphatic heterocycles. The van der Waals surface area contributed by atoms with E-state index < -0.39 is 0 Å². The highest BCUT2D eigenvalue weighted by Crippen LogP contribution is 2.31. The molecule has 1 fully saturated rings. The standard InChI is InChI=1S/C14H21BrN2/c1-11-8-16-9-14(2,3)10-17(11)13-7-5-4-6-12(13)15/h4-7,11,16H,8-10H2,1-3H3. The van der Waals surface area contributed by atoms with Crippen LogP contribution in [0.5, 0.6) is 0 Å². The van der Waals surface area contributed by atoms with E-state index in [9.17, 15) is 0 Å². The smallest absolute Gasteiger partial charge is 0.0513 e. The van der Waals surface area contributed by atoms with Crippen LogP contribution in [0.4, 0.5) is 5.69 Å². The van der Waals surface area contributed by atoms with Crippen molar-refractivity contribution in [1.29, 1.82) is 0 Å². The van der Waals surface area contributed by atoms with E-state index in [1.54, 1.807) is 0 Å². The van der Waals surface area contributed by atoms with Crippen LogP contribution in [0.3, 0.4) is 0 Å². The van der Waals surface area contributed by atoms with Crippen molar-refractivity contribution < 1.29 is 0 Å². The molecule has 0 radical (unpaired) electrons. The number of rotatable bonds is 1. The van der Waals surface area contributed by atoms with Gasteiger partial charge in [0.15, 0.2) is 0 Å². The molecule has 0 spiro atoms. The van der Waals surface area contributed by atoms with Gasteiger partial charge in [-0.15, -0.1) is 0 Å². The van der Waals surface area contributed by atoms with Gasteiger partial charge in [0.05, 0.1) is 5.69 Å². The molecule has 0 bridgehead atoms. The van der Waals surface area contributed by atoms with E-state index in [0.29, 0.717) is 11.5 Å². The van der Waals surface area contributed by atoms with Gasteiger partial charge in [-0.2, -0.15) is 0 Å². The van der Waals surface area contributed by atoms with Crippen molar-refractivity contribution in [3.8, 4) is 0 Å². The number of anilines is 1. The van der Waals surface area contributed by atoms with Crippen molar-refractivity contribution in [2.45, 2.75) is 26.8 Å². The zero-order valence-corrected chi connectivity index (χ0v) is 12.4. The van der Waals surface area contributed by atoms with Crippen LogP contribution in [-0.4, -0.2) is 25.7 Å². The van der Waals surface area contributed by atoms with Crippen LogP contribution in [0, 0.1) is 5.41 Å². The first-order chi connectivity index (χ1) is 7.99. The number of para-hydroxylation sites is 1. The Kier molecular flexibility index (Phi) is 3.79. The molecule has 1 aromatic rings. The second-order valence-corrected chi connectivity index (χ2v) is 6.58. The Morgan fingerprint density at radius 1 is 1.35 bits per heavy atom. The first-order valence-corrected chi connectivity index (χ1v) is 7.01. The maximum atomic E-state index is 3.66. The van der Waals surface area contributed by atoms with Crippen LogP contribution in [0.25, 0.3) is 0 Å². The third-order valence-corrected chi connectivity index (χ3v) is 4.01. The van der Waals surface area contributed by atoms with Gasteiger partial charge in [-0.05, 0) is 40.4 Å². The Morgan fingerprint density at radius 3 is 2.76 bits per heavy atom. The molecule has 0 aromatic heterocycles. The van der Waals surface area contributed by atoms with Gasteiger partial charge in [-0.3, -0.25) is 0 Å². The van der Waals surface area contributed by atoms with Gasteiger partial charge in [0, 0.05) is 30.1 Å². The molecule has 3 heteroatoms. The summed E-state index contributed by atoms with van der Waals surface area (Å²) in [5, 5.41) is 3.55. The highest BCUT2D eigenvalue weighted by molar-refractivity contribution is 9.10. The maximum Gasteiger partial charge on any atom is 0.0513 e. The van der Waals surface area contributed by atoms with E-state index in [-0.39, 0.29) is 0 Å². The van der Waals surface area contributed by atoms with E-state index in [1.165, 1.54) is 10.2 Å². The van der Waals surface area contributed by atoms with Crippen molar-refractivity contribution in [3.63, 3.8) is 0 Å². The van der Waals surface area contributed by atoms with Crippen LogP contribution in [0.2, 0.25) is 0 Å². The number of nitrogens with zero attached hydrogens (tertiary/aromatic N) is 1. The van der Waals surface area contributed by atoms with Crippen molar-refractivity contribution in [2.75, 3.05) is 24.5 Å². The minimum atomic E-state index is 0.306. The third kappa shape index (κ3) is 3.02. The molecule has 2 nitrogen and oxygen atoms in total. The monoisotopic (exact) mass is 296 g/mol. The molecule has 1 aliphatic rings. The van der Waals surface area contributed by atoms with Gasteiger partial charge in [-0.1, -0.05) is 26.0 Å². The van der Waals surface area contributed by atoms with Crippen LogP contribution in [-0.2, 0) is 0 Å². The summed E-state index contributed by atoms with van der Waals surface area (Å²) in [4.78, 5) is 2.50. The van der Waals surface area contributed by atoms with Gasteiger partial charge in [0.1, 0.15) is 0 Å². The van der Waals surface area contributed by atoms with E-state index in [4.69, 9.17) is 0 Å². The van der Waals surface area contributed by atoms with Gasteiger partial charge >= 0.3 is 0 Å². The lowest BCUT2D eigenvalue weighted by molar-refractivity contribution is 0.369. The topological polar surface area (TPSA) is 15.3 Å². The molecule has 0 saturated carbocycles. The Labute approximate surface area is 113 Å². The average Bonchev–Trinajstić information content (AvgIpc) is 2.38. The van der Waals surface area contributed by atoms with E-state index in [0.717, 1.165) is 19.6 Å². The molecule has 94 valence electrons. The van der Waals surface area contributed by atoms with Crippen molar-refractivity contribution >= 4 is 21.6 Å². The lowest BCUT2D eigenvalue weighted by Gasteiger charge is -2.34. The lowest BCUT2D eigenvalue weighted by Crippen LogP contribution is -2.40. The fourth-order valence-electron chi connectivity index (χ4n) is 2.41. The molecule has 1 heterocycles. The number of hydrogen-bond donors (Lipinski definition) is 1. The van der Waals surface area contributed by atoms with E-state index >= 15 is 0 Å². The van der Waals surface area contributed by atoms with Crippen LogP contribution in [0.1, 0.15) is 20.8 Å². The van der Waals surface area contributed by atoms with Gasteiger partial charge in [-0.25, -0.2) is 0 Å². The summed E-state index contributed by atoms with van der Waals surface area (Å²) in [7, 11) is 0. The maximum absolute atomic E-state index is 3.66. The Bertz CT molecular complexity index is 390. The number of nitrogens with one attached hydrogen (secondary N) is 1. The average molecular weight is 297 g/mol. The molecule has 2 rings (SSSR count). The summed E-state index contributed by atoms with van der Waals surface area (Å²) in [5.41, 5.74) is 1.61. The largest absolute Gasteiger partial charge is 0.366 e. The molecule has 1 unspecified atom stereocenters. The number of hydrogen-bond acceptors (Lipinski definition) is 2. The minimum Gasteiger partial charge on any atom is -0.366 e. The predicted octanol–water partition coefficient (Wildman–Crippen LogP) is 3.27. The molecule has 0 amide bonds. The zero-order valence-electron chi connectivity index (χ0n) is 10.8. The lowest BCUT2D eigenvalue weighted by atomic mass is 9.93. The van der Waals surface area contributed by atoms with E-state index in [1.807, 2.05) is 0 Å². The molecule has 1 aromatic carbocycles. The second-order valence-electron chi connectivity index (χ2n) is 5.72. The number of halogens is 1. The highest BCUT2D eigenvalue weighted by Gasteiger charge is 2.29. The molecule has 1 atom stereocenters. The quantitative estimate of drug-likeness (QED) is 0.856. The van der Waals surface area contributed by atoms with Crippen molar-refractivity contribution in [1.82, 2.24) is 5.32 Å². The molecule has 17 heavy (non-hydrogen) atoms. The summed E-state index contributed by atoms with van der Waals surface area (Å²) in [6.45, 7) is 10.1. The minimum absolute atomic E-state index is 0.306. The third-order valence-electron chi connectivity index (χ3n) is 3.34. The summed E-state index contributed by atoms with van der Waals surface area (Å²) in [6, 6.07) is 9.02. The second kappa shape index (κ2) is 4.99. The first-order valence-electron chi connectivity index (χ1n) is 6.21. The van der Waals surface area contributed by atoms with Crippen molar-refractivity contribution in [3.05, 3.63) is 28.7 Å². The number of benzene rings is 1. The zero-order chi connectivity index (χ0) is 12.5.